The summed E-state index contributed by atoms with van der Waals surface area (Å²) in [6, 6.07) is 7.21. The second-order valence-electron chi connectivity index (χ2n) is 3.74. The van der Waals surface area contributed by atoms with Crippen LogP contribution in [0, 0.1) is 0 Å². The van der Waals surface area contributed by atoms with Crippen molar-refractivity contribution in [2.75, 3.05) is 25.4 Å². The zero-order chi connectivity index (χ0) is 12.7. The number of nitrogen functional groups attached to an aromatic ring is 1. The molecule has 0 saturated carbocycles. The van der Waals surface area contributed by atoms with Gasteiger partial charge in [0.15, 0.2) is 0 Å². The van der Waals surface area contributed by atoms with Crippen LogP contribution >= 0.6 is 0 Å². The van der Waals surface area contributed by atoms with Crippen LogP contribution in [0.25, 0.3) is 0 Å². The van der Waals surface area contributed by atoms with Crippen LogP contribution in [0.15, 0.2) is 24.3 Å². The molecule has 1 rings (SSSR count). The topological polar surface area (TPSA) is 55.6 Å². The van der Waals surface area contributed by atoms with Gasteiger partial charge in [0.2, 0.25) is 5.91 Å². The largest absolute Gasteiger partial charge is 0.493 e. The highest BCUT2D eigenvalue weighted by atomic mass is 16.5. The zero-order valence-electron chi connectivity index (χ0n) is 10.5. The van der Waals surface area contributed by atoms with Crippen molar-refractivity contribution in [1.82, 2.24) is 4.90 Å². The second kappa shape index (κ2) is 6.78. The van der Waals surface area contributed by atoms with Crippen molar-refractivity contribution in [2.45, 2.75) is 20.3 Å². The van der Waals surface area contributed by atoms with Crippen LogP contribution in [0.3, 0.4) is 0 Å². The van der Waals surface area contributed by atoms with E-state index in [1.807, 2.05) is 26.0 Å². The van der Waals surface area contributed by atoms with Gasteiger partial charge in [-0.3, -0.25) is 4.79 Å². The van der Waals surface area contributed by atoms with Crippen molar-refractivity contribution in [2.24, 2.45) is 0 Å². The van der Waals surface area contributed by atoms with E-state index >= 15 is 0 Å². The Hall–Kier alpha value is -1.71. The SMILES string of the molecule is CCN(CC)C(=O)CCOc1cccc(N)c1. The first-order valence-electron chi connectivity index (χ1n) is 5.93. The fourth-order valence-electron chi connectivity index (χ4n) is 1.59. The molecule has 0 unspecified atom stereocenters. The molecule has 2 N–H and O–H groups in total. The molecule has 0 aliphatic heterocycles. The number of carbonyl (C=O) groups excluding carboxylic acids is 1. The first-order valence-corrected chi connectivity index (χ1v) is 5.93. The van der Waals surface area contributed by atoms with Crippen LogP contribution in [0.1, 0.15) is 20.3 Å². The molecule has 0 heterocycles. The maximum atomic E-state index is 11.7. The summed E-state index contributed by atoms with van der Waals surface area (Å²) in [5.41, 5.74) is 6.29. The van der Waals surface area contributed by atoms with Gasteiger partial charge in [-0.05, 0) is 26.0 Å². The molecule has 17 heavy (non-hydrogen) atoms. The van der Waals surface area contributed by atoms with Crippen molar-refractivity contribution in [3.8, 4) is 5.75 Å². The standard InChI is InChI=1S/C13H20N2O2/c1-3-15(4-2)13(16)8-9-17-12-7-5-6-11(14)10-12/h5-7,10H,3-4,8-9,14H2,1-2H3. The molecule has 0 aromatic heterocycles. The Balaban J connectivity index is 2.35. The summed E-state index contributed by atoms with van der Waals surface area (Å²) in [6.07, 6.45) is 0.399. The van der Waals surface area contributed by atoms with Crippen molar-refractivity contribution in [1.29, 1.82) is 0 Å². The van der Waals surface area contributed by atoms with E-state index in [1.165, 1.54) is 0 Å². The molecule has 0 saturated heterocycles. The Kier molecular flexibility index (Phi) is 5.33. The summed E-state index contributed by atoms with van der Waals surface area (Å²) in [7, 11) is 0. The molecule has 0 aliphatic carbocycles. The third-order valence-corrected chi connectivity index (χ3v) is 2.56. The van der Waals surface area contributed by atoms with Crippen LogP contribution < -0.4 is 10.5 Å². The van der Waals surface area contributed by atoms with Gasteiger partial charge in [-0.2, -0.15) is 0 Å². The summed E-state index contributed by atoms with van der Waals surface area (Å²) in [5.74, 6) is 0.830. The fourth-order valence-corrected chi connectivity index (χ4v) is 1.59. The number of benzene rings is 1. The van der Waals surface area contributed by atoms with Crippen LogP contribution in [0.4, 0.5) is 5.69 Å². The van der Waals surface area contributed by atoms with Gasteiger partial charge in [0, 0.05) is 24.8 Å². The zero-order valence-corrected chi connectivity index (χ0v) is 10.5. The Bertz CT molecular complexity index is 362. The molecule has 0 bridgehead atoms. The van der Waals surface area contributed by atoms with Crippen molar-refractivity contribution in [3.05, 3.63) is 24.3 Å². The Morgan fingerprint density at radius 3 is 2.65 bits per heavy atom. The van der Waals surface area contributed by atoms with E-state index in [0.29, 0.717) is 24.5 Å². The number of carbonyl (C=O) groups is 1. The van der Waals surface area contributed by atoms with Crippen LogP contribution in [-0.4, -0.2) is 30.5 Å². The molecular formula is C13H20N2O2. The lowest BCUT2D eigenvalue weighted by Crippen LogP contribution is -2.31. The van der Waals surface area contributed by atoms with Crippen molar-refractivity contribution >= 4 is 11.6 Å². The minimum Gasteiger partial charge on any atom is -0.493 e. The smallest absolute Gasteiger partial charge is 0.225 e. The van der Waals surface area contributed by atoms with Gasteiger partial charge < -0.3 is 15.4 Å². The summed E-state index contributed by atoms with van der Waals surface area (Å²) < 4.78 is 5.47. The van der Waals surface area contributed by atoms with E-state index in [2.05, 4.69) is 0 Å². The summed E-state index contributed by atoms with van der Waals surface area (Å²) in [6.45, 7) is 5.82. The molecule has 1 amide bonds. The average Bonchev–Trinajstić information content (AvgIpc) is 2.30. The number of amides is 1. The maximum absolute atomic E-state index is 11.7. The molecule has 0 spiro atoms. The van der Waals surface area contributed by atoms with Crippen LogP contribution in [0.5, 0.6) is 5.75 Å². The molecule has 1 aromatic rings. The third-order valence-electron chi connectivity index (χ3n) is 2.56. The molecule has 0 atom stereocenters. The van der Waals surface area contributed by atoms with E-state index in [0.717, 1.165) is 13.1 Å². The van der Waals surface area contributed by atoms with E-state index < -0.39 is 0 Å². The van der Waals surface area contributed by atoms with Gasteiger partial charge in [0.1, 0.15) is 5.75 Å². The quantitative estimate of drug-likeness (QED) is 0.767. The van der Waals surface area contributed by atoms with Crippen LogP contribution in [0.2, 0.25) is 0 Å². The maximum Gasteiger partial charge on any atom is 0.225 e. The number of nitrogens with two attached hydrogens (primary N) is 1. The van der Waals surface area contributed by atoms with Gasteiger partial charge in [0.25, 0.3) is 0 Å². The molecule has 4 nitrogen and oxygen atoms in total. The second-order valence-corrected chi connectivity index (χ2v) is 3.74. The monoisotopic (exact) mass is 236 g/mol. The predicted octanol–water partition coefficient (Wildman–Crippen LogP) is 1.91. The first kappa shape index (κ1) is 13.4. The summed E-state index contributed by atoms with van der Waals surface area (Å²) in [4.78, 5) is 13.5. The van der Waals surface area contributed by atoms with Gasteiger partial charge in [-0.25, -0.2) is 0 Å². The highest BCUT2D eigenvalue weighted by Gasteiger charge is 2.08. The van der Waals surface area contributed by atoms with E-state index in [-0.39, 0.29) is 5.91 Å². The lowest BCUT2D eigenvalue weighted by molar-refractivity contribution is -0.131. The number of hydrogen-bond donors (Lipinski definition) is 1. The number of anilines is 1. The first-order chi connectivity index (χ1) is 8.17. The molecular weight excluding hydrogens is 216 g/mol. The summed E-state index contributed by atoms with van der Waals surface area (Å²) in [5, 5.41) is 0. The van der Waals surface area contributed by atoms with Gasteiger partial charge in [-0.15, -0.1) is 0 Å². The van der Waals surface area contributed by atoms with Gasteiger partial charge in [0.05, 0.1) is 13.0 Å². The van der Waals surface area contributed by atoms with Crippen molar-refractivity contribution < 1.29 is 9.53 Å². The molecule has 0 aliphatic rings. The Labute approximate surface area is 102 Å². The Morgan fingerprint density at radius 2 is 2.06 bits per heavy atom. The minimum absolute atomic E-state index is 0.124. The minimum atomic E-state index is 0.124. The number of hydrogen-bond acceptors (Lipinski definition) is 3. The van der Waals surface area contributed by atoms with Crippen molar-refractivity contribution in [3.63, 3.8) is 0 Å². The highest BCUT2D eigenvalue weighted by Crippen LogP contribution is 2.14. The number of rotatable bonds is 6. The molecule has 0 radical (unpaired) electrons. The molecule has 4 heteroatoms. The average molecular weight is 236 g/mol. The molecule has 94 valence electrons. The Morgan fingerprint density at radius 1 is 1.35 bits per heavy atom. The number of ether oxygens (including phenoxy) is 1. The molecule has 0 fully saturated rings. The van der Waals surface area contributed by atoms with Gasteiger partial charge >= 0.3 is 0 Å². The normalized spacial score (nSPS) is 10.0. The number of nitrogens with zero attached hydrogens (tertiary/aromatic N) is 1. The summed E-state index contributed by atoms with van der Waals surface area (Å²) >= 11 is 0. The van der Waals surface area contributed by atoms with Gasteiger partial charge in [-0.1, -0.05) is 6.07 Å². The highest BCUT2D eigenvalue weighted by molar-refractivity contribution is 5.76. The lowest BCUT2D eigenvalue weighted by atomic mass is 10.3. The van der Waals surface area contributed by atoms with Crippen LogP contribution in [-0.2, 0) is 4.79 Å². The third kappa shape index (κ3) is 4.34. The van der Waals surface area contributed by atoms with E-state index in [1.54, 1.807) is 17.0 Å². The fraction of sp³-hybridized carbons (Fsp3) is 0.462. The predicted molar refractivity (Wildman–Crippen MR) is 68.9 cm³/mol. The van der Waals surface area contributed by atoms with E-state index in [4.69, 9.17) is 10.5 Å². The lowest BCUT2D eigenvalue weighted by Gasteiger charge is -2.18. The van der Waals surface area contributed by atoms with E-state index in [9.17, 15) is 4.79 Å². The molecule has 1 aromatic carbocycles.